The maximum Gasteiger partial charge on any atom is 0.371 e. The van der Waals surface area contributed by atoms with Gasteiger partial charge in [0.2, 0.25) is 5.76 Å². The number of aromatic nitrogens is 2. The van der Waals surface area contributed by atoms with Gasteiger partial charge in [-0.05, 0) is 63.1 Å². The zero-order valence-electron chi connectivity index (χ0n) is 21.8. The van der Waals surface area contributed by atoms with E-state index in [1.54, 1.807) is 27.9 Å². The van der Waals surface area contributed by atoms with Crippen molar-refractivity contribution in [1.29, 1.82) is 0 Å². The predicted molar refractivity (Wildman–Crippen MR) is 148 cm³/mol. The Balaban J connectivity index is 1.73. The Labute approximate surface area is 220 Å². The van der Waals surface area contributed by atoms with E-state index in [0.29, 0.717) is 27.8 Å². The smallest absolute Gasteiger partial charge is 0.371 e. The van der Waals surface area contributed by atoms with Crippen molar-refractivity contribution < 1.29 is 19.1 Å². The second kappa shape index (κ2) is 9.67. The van der Waals surface area contributed by atoms with Gasteiger partial charge >= 0.3 is 5.97 Å². The summed E-state index contributed by atoms with van der Waals surface area (Å²) in [5, 5.41) is 14.8. The lowest BCUT2D eigenvalue weighted by Crippen LogP contribution is -2.46. The van der Waals surface area contributed by atoms with Crippen molar-refractivity contribution in [3.63, 3.8) is 0 Å². The molecule has 0 saturated carbocycles. The van der Waals surface area contributed by atoms with E-state index in [1.165, 1.54) is 11.6 Å². The van der Waals surface area contributed by atoms with Crippen molar-refractivity contribution >= 4 is 28.5 Å². The Kier molecular flexibility index (Phi) is 6.36. The zero-order valence-corrected chi connectivity index (χ0v) is 21.8. The van der Waals surface area contributed by atoms with Crippen LogP contribution in [0.5, 0.6) is 0 Å². The predicted octanol–water partition coefficient (Wildman–Crippen LogP) is 6.99. The van der Waals surface area contributed by atoms with Gasteiger partial charge in [-0.3, -0.25) is 9.69 Å². The summed E-state index contributed by atoms with van der Waals surface area (Å²) in [6.45, 7) is 7.93. The molecule has 0 aliphatic rings. The van der Waals surface area contributed by atoms with Crippen molar-refractivity contribution in [1.82, 2.24) is 9.78 Å². The van der Waals surface area contributed by atoms with Gasteiger partial charge < -0.3 is 9.52 Å². The summed E-state index contributed by atoms with van der Waals surface area (Å²) in [7, 11) is 0. The fourth-order valence-corrected chi connectivity index (χ4v) is 4.59. The monoisotopic (exact) mass is 507 g/mol. The van der Waals surface area contributed by atoms with Crippen LogP contribution in [0.25, 0.3) is 27.8 Å². The number of carboxylic acid groups (broad SMARTS) is 1. The van der Waals surface area contributed by atoms with Crippen molar-refractivity contribution in [3.05, 3.63) is 102 Å². The van der Waals surface area contributed by atoms with Crippen LogP contribution in [0, 0.1) is 0 Å². The standard InChI is InChI=1S/C31H29N3O4/c1-5-20-11-14-24(15-12-20)33-19-23(18-32-33)25-16-13-22-17-26(30(36)37)38-28(22)27(25)34(31(2,3)4)29(35)21-9-7-6-8-10-21/h6-19H,5H2,1-4H3,(H,36,37). The third-order valence-electron chi connectivity index (χ3n) is 6.49. The second-order valence-electron chi connectivity index (χ2n) is 10.2. The first kappa shape index (κ1) is 25.0. The van der Waals surface area contributed by atoms with Crippen molar-refractivity contribution in [2.24, 2.45) is 0 Å². The Morgan fingerprint density at radius 1 is 1.00 bits per heavy atom. The minimum atomic E-state index is -1.17. The number of anilines is 1. The molecular formula is C31H29N3O4. The molecule has 0 saturated heterocycles. The molecule has 0 aliphatic carbocycles. The highest BCUT2D eigenvalue weighted by molar-refractivity contribution is 6.14. The Hall–Kier alpha value is -4.65. The summed E-state index contributed by atoms with van der Waals surface area (Å²) in [6.07, 6.45) is 4.60. The van der Waals surface area contributed by atoms with Crippen LogP contribution in [0.2, 0.25) is 0 Å². The fraction of sp³-hybridized carbons (Fsp3) is 0.194. The number of rotatable bonds is 6. The van der Waals surface area contributed by atoms with Crippen LogP contribution in [-0.2, 0) is 6.42 Å². The van der Waals surface area contributed by atoms with E-state index in [2.05, 4.69) is 24.2 Å². The molecule has 0 unspecified atom stereocenters. The van der Waals surface area contributed by atoms with Crippen LogP contribution in [0.1, 0.15) is 54.2 Å². The number of amides is 1. The van der Waals surface area contributed by atoms with E-state index < -0.39 is 11.5 Å². The maximum atomic E-state index is 14.0. The molecule has 0 aliphatic heterocycles. The molecule has 38 heavy (non-hydrogen) atoms. The minimum absolute atomic E-state index is 0.189. The molecule has 1 N–H and O–H groups in total. The number of aryl methyl sites for hydroxylation is 1. The van der Waals surface area contributed by atoms with E-state index in [9.17, 15) is 14.7 Å². The Bertz CT molecular complexity index is 1620. The normalized spacial score (nSPS) is 11.6. The third kappa shape index (κ3) is 4.59. The molecule has 5 rings (SSSR count). The summed E-state index contributed by atoms with van der Waals surface area (Å²) in [5.41, 5.74) is 4.30. The summed E-state index contributed by atoms with van der Waals surface area (Å²) >= 11 is 0. The van der Waals surface area contributed by atoms with Crippen LogP contribution in [0.15, 0.2) is 89.6 Å². The molecule has 2 aromatic heterocycles. The van der Waals surface area contributed by atoms with Crippen LogP contribution < -0.4 is 4.90 Å². The van der Waals surface area contributed by atoms with E-state index in [-0.39, 0.29) is 11.7 Å². The van der Waals surface area contributed by atoms with Gasteiger partial charge in [0.1, 0.15) is 0 Å². The molecule has 3 aromatic carbocycles. The number of carboxylic acids is 1. The molecule has 0 radical (unpaired) electrons. The average Bonchev–Trinajstić information content (AvgIpc) is 3.57. The third-order valence-corrected chi connectivity index (χ3v) is 6.49. The maximum absolute atomic E-state index is 14.0. The first-order chi connectivity index (χ1) is 18.2. The largest absolute Gasteiger partial charge is 0.475 e. The zero-order chi connectivity index (χ0) is 27.0. The van der Waals surface area contributed by atoms with Gasteiger partial charge in [-0.15, -0.1) is 0 Å². The number of hydrogen-bond donors (Lipinski definition) is 1. The van der Waals surface area contributed by atoms with Crippen molar-refractivity contribution in [2.45, 2.75) is 39.7 Å². The van der Waals surface area contributed by atoms with Gasteiger partial charge in [0.15, 0.2) is 5.58 Å². The first-order valence-electron chi connectivity index (χ1n) is 12.5. The van der Waals surface area contributed by atoms with Gasteiger partial charge in [0.05, 0.1) is 17.6 Å². The van der Waals surface area contributed by atoms with Gasteiger partial charge in [-0.1, -0.05) is 49.4 Å². The molecule has 1 amide bonds. The van der Waals surface area contributed by atoms with E-state index in [4.69, 9.17) is 4.42 Å². The van der Waals surface area contributed by atoms with Gasteiger partial charge in [-0.2, -0.15) is 5.10 Å². The Morgan fingerprint density at radius 2 is 1.71 bits per heavy atom. The molecule has 0 bridgehead atoms. The quantitative estimate of drug-likeness (QED) is 0.268. The highest BCUT2D eigenvalue weighted by Gasteiger charge is 2.34. The van der Waals surface area contributed by atoms with Gasteiger partial charge in [-0.25, -0.2) is 9.48 Å². The number of nitrogens with zero attached hydrogens (tertiary/aromatic N) is 3. The first-order valence-corrected chi connectivity index (χ1v) is 12.5. The lowest BCUT2D eigenvalue weighted by molar-refractivity contribution is 0.0665. The summed E-state index contributed by atoms with van der Waals surface area (Å²) in [4.78, 5) is 27.5. The molecule has 192 valence electrons. The molecule has 2 heterocycles. The minimum Gasteiger partial charge on any atom is -0.475 e. The van der Waals surface area contributed by atoms with Crippen LogP contribution in [-0.4, -0.2) is 32.3 Å². The molecule has 5 aromatic rings. The van der Waals surface area contributed by atoms with Gasteiger partial charge in [0, 0.05) is 33.8 Å². The highest BCUT2D eigenvalue weighted by atomic mass is 16.4. The molecule has 7 heteroatoms. The lowest BCUT2D eigenvalue weighted by atomic mass is 9.97. The second-order valence-corrected chi connectivity index (χ2v) is 10.2. The highest BCUT2D eigenvalue weighted by Crippen LogP contribution is 2.42. The SMILES string of the molecule is CCc1ccc(-n2cc(-c3ccc4cc(C(=O)O)oc4c3N(C(=O)c3ccccc3)C(C)(C)C)cn2)cc1. The fourth-order valence-electron chi connectivity index (χ4n) is 4.59. The molecule has 0 fully saturated rings. The van der Waals surface area contributed by atoms with E-state index in [1.807, 2.05) is 69.4 Å². The van der Waals surface area contributed by atoms with E-state index >= 15 is 0 Å². The molecule has 7 nitrogen and oxygen atoms in total. The average molecular weight is 508 g/mol. The number of hydrogen-bond acceptors (Lipinski definition) is 4. The molecular weight excluding hydrogens is 478 g/mol. The van der Waals surface area contributed by atoms with Crippen molar-refractivity contribution in [2.75, 3.05) is 4.90 Å². The number of fused-ring (bicyclic) bond motifs is 1. The molecule has 0 atom stereocenters. The van der Waals surface area contributed by atoms with Crippen LogP contribution >= 0.6 is 0 Å². The number of carbonyl (C=O) groups is 2. The number of furan rings is 1. The Morgan fingerprint density at radius 3 is 2.34 bits per heavy atom. The van der Waals surface area contributed by atoms with Crippen molar-refractivity contribution in [3.8, 4) is 16.8 Å². The van der Waals surface area contributed by atoms with E-state index in [0.717, 1.165) is 17.7 Å². The summed E-state index contributed by atoms with van der Waals surface area (Å²) in [5.74, 6) is -1.58. The molecule has 0 spiro atoms. The number of aromatic carboxylic acids is 1. The number of benzene rings is 3. The number of carbonyl (C=O) groups excluding carboxylic acids is 1. The summed E-state index contributed by atoms with van der Waals surface area (Å²) < 4.78 is 7.67. The van der Waals surface area contributed by atoms with Gasteiger partial charge in [0.25, 0.3) is 5.91 Å². The topological polar surface area (TPSA) is 88.6 Å². The lowest BCUT2D eigenvalue weighted by Gasteiger charge is -2.37. The van der Waals surface area contributed by atoms with Crippen LogP contribution in [0.4, 0.5) is 5.69 Å². The summed E-state index contributed by atoms with van der Waals surface area (Å²) in [6, 6.07) is 22.4. The van der Waals surface area contributed by atoms with Crippen LogP contribution in [0.3, 0.4) is 0 Å².